The zero-order valence-corrected chi connectivity index (χ0v) is 14.8. The van der Waals surface area contributed by atoms with E-state index in [4.69, 9.17) is 0 Å². The third-order valence-corrected chi connectivity index (χ3v) is 5.26. The predicted octanol–water partition coefficient (Wildman–Crippen LogP) is 0.994. The van der Waals surface area contributed by atoms with Gasteiger partial charge >= 0.3 is 0 Å². The summed E-state index contributed by atoms with van der Waals surface area (Å²) in [4.78, 5) is 27.8. The van der Waals surface area contributed by atoms with Crippen LogP contribution in [0.15, 0.2) is 24.3 Å². The quantitative estimate of drug-likeness (QED) is 0.854. The van der Waals surface area contributed by atoms with Crippen LogP contribution >= 0.6 is 0 Å². The summed E-state index contributed by atoms with van der Waals surface area (Å²) in [5.41, 5.74) is 1.66. The van der Waals surface area contributed by atoms with Crippen molar-refractivity contribution in [1.82, 2.24) is 15.1 Å². The number of rotatable bonds is 4. The Morgan fingerprint density at radius 1 is 1.12 bits per heavy atom. The number of aliphatic hydroxyl groups is 1. The van der Waals surface area contributed by atoms with Crippen molar-refractivity contribution in [2.24, 2.45) is 0 Å². The average molecular weight is 345 g/mol. The molecule has 1 saturated heterocycles. The summed E-state index contributed by atoms with van der Waals surface area (Å²) in [6.07, 6.45) is 2.84. The fraction of sp³-hybridized carbons (Fsp3) is 0.579. The molecule has 0 radical (unpaired) electrons. The van der Waals surface area contributed by atoms with Crippen molar-refractivity contribution in [2.45, 2.75) is 44.9 Å². The molecule has 1 aromatic rings. The van der Waals surface area contributed by atoms with E-state index in [1.165, 1.54) is 6.92 Å². The molecule has 2 aliphatic rings. The van der Waals surface area contributed by atoms with E-state index in [0.29, 0.717) is 25.2 Å². The normalized spacial score (nSPS) is 24.3. The lowest BCUT2D eigenvalue weighted by molar-refractivity contribution is -0.119. The van der Waals surface area contributed by atoms with E-state index in [-0.39, 0.29) is 24.0 Å². The van der Waals surface area contributed by atoms with Gasteiger partial charge in [-0.25, -0.2) is 0 Å². The number of hydrogen-bond acceptors (Lipinski definition) is 4. The first-order valence-electron chi connectivity index (χ1n) is 9.09. The molecule has 2 amide bonds. The molecular formula is C19H27N3O3. The summed E-state index contributed by atoms with van der Waals surface area (Å²) in [6.45, 7) is 5.03. The van der Waals surface area contributed by atoms with Gasteiger partial charge in [0.25, 0.3) is 5.91 Å². The maximum atomic E-state index is 12.7. The van der Waals surface area contributed by atoms with Crippen LogP contribution in [0.25, 0.3) is 0 Å². The molecule has 1 heterocycles. The number of benzene rings is 1. The Balaban J connectivity index is 1.52. The van der Waals surface area contributed by atoms with Gasteiger partial charge in [0.05, 0.1) is 6.10 Å². The summed E-state index contributed by atoms with van der Waals surface area (Å²) in [7, 11) is 0. The molecule has 6 heteroatoms. The number of nitrogens with one attached hydrogen (secondary N) is 1. The Kier molecular flexibility index (Phi) is 5.71. The van der Waals surface area contributed by atoms with E-state index in [2.05, 4.69) is 10.2 Å². The zero-order chi connectivity index (χ0) is 17.8. The maximum Gasteiger partial charge on any atom is 0.253 e. The molecule has 1 aliphatic heterocycles. The van der Waals surface area contributed by atoms with Crippen LogP contribution in [0, 0.1) is 0 Å². The van der Waals surface area contributed by atoms with Crippen molar-refractivity contribution >= 4 is 11.8 Å². The Morgan fingerprint density at radius 2 is 1.80 bits per heavy atom. The molecule has 0 aromatic heterocycles. The third kappa shape index (κ3) is 4.38. The van der Waals surface area contributed by atoms with Crippen molar-refractivity contribution in [3.05, 3.63) is 35.4 Å². The monoisotopic (exact) mass is 345 g/mol. The molecule has 1 aromatic carbocycles. The summed E-state index contributed by atoms with van der Waals surface area (Å²) in [6, 6.07) is 7.69. The van der Waals surface area contributed by atoms with Gasteiger partial charge in [0, 0.05) is 51.3 Å². The van der Waals surface area contributed by atoms with E-state index in [0.717, 1.165) is 37.9 Å². The van der Waals surface area contributed by atoms with Gasteiger partial charge < -0.3 is 15.3 Å². The highest BCUT2D eigenvalue weighted by atomic mass is 16.3. The third-order valence-electron chi connectivity index (χ3n) is 5.26. The van der Waals surface area contributed by atoms with Crippen molar-refractivity contribution in [1.29, 1.82) is 0 Å². The van der Waals surface area contributed by atoms with Gasteiger partial charge in [0.2, 0.25) is 5.91 Å². The second-order valence-electron chi connectivity index (χ2n) is 7.00. The lowest BCUT2D eigenvalue weighted by atomic mass is 10.1. The van der Waals surface area contributed by atoms with Gasteiger partial charge in [0.15, 0.2) is 0 Å². The number of hydrogen-bond donors (Lipinski definition) is 2. The Morgan fingerprint density at radius 3 is 2.36 bits per heavy atom. The topological polar surface area (TPSA) is 72.9 Å². The fourth-order valence-electron chi connectivity index (χ4n) is 3.78. The molecule has 0 unspecified atom stereocenters. The first-order chi connectivity index (χ1) is 12.0. The molecule has 3 rings (SSSR count). The van der Waals surface area contributed by atoms with Gasteiger partial charge in [-0.2, -0.15) is 0 Å². The van der Waals surface area contributed by atoms with Crippen LogP contribution in [-0.4, -0.2) is 65.0 Å². The van der Waals surface area contributed by atoms with Crippen LogP contribution in [0.4, 0.5) is 0 Å². The number of piperazine rings is 1. The standard InChI is InChI=1S/C19H27N3O3/c1-14(23)20-13-15-5-7-16(8-6-15)19(25)22-11-9-21(10-12-22)17-3-2-4-18(17)24/h5-8,17-18,24H,2-4,9-13H2,1H3,(H,20,23)/t17-,18-/m0/s1. The van der Waals surface area contributed by atoms with Gasteiger partial charge in [-0.3, -0.25) is 14.5 Å². The van der Waals surface area contributed by atoms with Crippen molar-refractivity contribution < 1.29 is 14.7 Å². The molecule has 2 fully saturated rings. The summed E-state index contributed by atoms with van der Waals surface area (Å²) in [5.74, 6) is -0.0110. The number of carbonyl (C=O) groups excluding carboxylic acids is 2. The van der Waals surface area contributed by atoms with Crippen LogP contribution in [0.5, 0.6) is 0 Å². The number of aliphatic hydroxyl groups excluding tert-OH is 1. The van der Waals surface area contributed by atoms with E-state index < -0.39 is 0 Å². The Labute approximate surface area is 148 Å². The van der Waals surface area contributed by atoms with Gasteiger partial charge in [0.1, 0.15) is 0 Å². The minimum absolute atomic E-state index is 0.0534. The highest BCUT2D eigenvalue weighted by Gasteiger charge is 2.33. The summed E-state index contributed by atoms with van der Waals surface area (Å²) < 4.78 is 0. The van der Waals surface area contributed by atoms with E-state index >= 15 is 0 Å². The van der Waals surface area contributed by atoms with Crippen LogP contribution in [0.3, 0.4) is 0 Å². The SMILES string of the molecule is CC(=O)NCc1ccc(C(=O)N2CCN([C@H]3CCC[C@@H]3O)CC2)cc1. The van der Waals surface area contributed by atoms with Crippen molar-refractivity contribution in [2.75, 3.05) is 26.2 Å². The summed E-state index contributed by atoms with van der Waals surface area (Å²) >= 11 is 0. The predicted molar refractivity (Wildman–Crippen MR) is 95.1 cm³/mol. The molecule has 25 heavy (non-hydrogen) atoms. The number of nitrogens with zero attached hydrogens (tertiary/aromatic N) is 2. The lowest BCUT2D eigenvalue weighted by Gasteiger charge is -2.39. The Bertz CT molecular complexity index is 609. The van der Waals surface area contributed by atoms with E-state index in [1.54, 1.807) is 0 Å². The van der Waals surface area contributed by atoms with Crippen LogP contribution in [-0.2, 0) is 11.3 Å². The van der Waals surface area contributed by atoms with E-state index in [1.807, 2.05) is 29.2 Å². The smallest absolute Gasteiger partial charge is 0.253 e. The molecule has 0 bridgehead atoms. The van der Waals surface area contributed by atoms with Crippen molar-refractivity contribution in [3.8, 4) is 0 Å². The first-order valence-corrected chi connectivity index (χ1v) is 9.09. The first kappa shape index (κ1) is 17.9. The lowest BCUT2D eigenvalue weighted by Crippen LogP contribution is -2.53. The molecule has 6 nitrogen and oxygen atoms in total. The molecular weight excluding hydrogens is 318 g/mol. The van der Waals surface area contributed by atoms with Gasteiger partial charge in [-0.05, 0) is 37.0 Å². The van der Waals surface area contributed by atoms with E-state index in [9.17, 15) is 14.7 Å². The van der Waals surface area contributed by atoms with Gasteiger partial charge in [-0.15, -0.1) is 0 Å². The maximum absolute atomic E-state index is 12.7. The highest BCUT2D eigenvalue weighted by molar-refractivity contribution is 5.94. The molecule has 2 N–H and O–H groups in total. The van der Waals surface area contributed by atoms with Crippen molar-refractivity contribution in [3.63, 3.8) is 0 Å². The molecule has 1 aliphatic carbocycles. The average Bonchev–Trinajstić information content (AvgIpc) is 3.06. The minimum Gasteiger partial charge on any atom is -0.391 e. The van der Waals surface area contributed by atoms with Crippen LogP contribution in [0.1, 0.15) is 42.1 Å². The molecule has 2 atom stereocenters. The number of carbonyl (C=O) groups is 2. The second-order valence-corrected chi connectivity index (χ2v) is 7.00. The van der Waals surface area contributed by atoms with Gasteiger partial charge in [-0.1, -0.05) is 12.1 Å². The van der Waals surface area contributed by atoms with Crippen LogP contribution < -0.4 is 5.32 Å². The molecule has 1 saturated carbocycles. The molecule has 0 spiro atoms. The second kappa shape index (κ2) is 7.97. The minimum atomic E-state index is -0.210. The van der Waals surface area contributed by atoms with Crippen LogP contribution in [0.2, 0.25) is 0 Å². The molecule has 136 valence electrons. The Hall–Kier alpha value is -1.92. The largest absolute Gasteiger partial charge is 0.391 e. The fourth-order valence-corrected chi connectivity index (χ4v) is 3.78. The highest BCUT2D eigenvalue weighted by Crippen LogP contribution is 2.25. The zero-order valence-electron chi connectivity index (χ0n) is 14.8. The number of amides is 2. The summed E-state index contributed by atoms with van der Waals surface area (Å²) in [5, 5.41) is 12.8.